The minimum absolute atomic E-state index is 0.824. The predicted octanol–water partition coefficient (Wildman–Crippen LogP) is 7.38. The van der Waals surface area contributed by atoms with Gasteiger partial charge in [0.25, 0.3) is 0 Å². The van der Waals surface area contributed by atoms with Crippen molar-refractivity contribution in [1.29, 1.82) is 0 Å². The molecule has 26 heavy (non-hydrogen) atoms. The lowest BCUT2D eigenvalue weighted by Crippen LogP contribution is -2.42. The van der Waals surface area contributed by atoms with Gasteiger partial charge in [0.15, 0.2) is 0 Å². The van der Waals surface area contributed by atoms with Crippen molar-refractivity contribution in [2.45, 2.75) is 97.9 Å². The van der Waals surface area contributed by atoms with Gasteiger partial charge in [-0.2, -0.15) is 0 Å². The second-order valence-electron chi connectivity index (χ2n) is 9.17. The summed E-state index contributed by atoms with van der Waals surface area (Å²) < 4.78 is 1.10. The summed E-state index contributed by atoms with van der Waals surface area (Å²) in [5, 5.41) is 0. The predicted molar refractivity (Wildman–Crippen MR) is 118 cm³/mol. The van der Waals surface area contributed by atoms with Crippen molar-refractivity contribution in [2.75, 3.05) is 20.6 Å². The van der Waals surface area contributed by atoms with Crippen molar-refractivity contribution in [2.24, 2.45) is 5.92 Å². The van der Waals surface area contributed by atoms with E-state index in [0.29, 0.717) is 0 Å². The molecule has 0 aromatic heterocycles. The van der Waals surface area contributed by atoms with Crippen LogP contribution in [0.15, 0.2) is 24.3 Å². The van der Waals surface area contributed by atoms with E-state index in [1.165, 1.54) is 81.9 Å². The molecule has 1 atom stereocenters. The molecule has 1 heteroatoms. The van der Waals surface area contributed by atoms with Gasteiger partial charge in [0.05, 0.1) is 20.6 Å². The first-order valence-corrected chi connectivity index (χ1v) is 11.4. The molecular weight excluding hydrogens is 314 g/mol. The van der Waals surface area contributed by atoms with E-state index in [0.717, 1.165) is 23.4 Å². The Bertz CT molecular complexity index is 446. The molecule has 0 aliphatic rings. The van der Waals surface area contributed by atoms with E-state index in [9.17, 15) is 0 Å². The fourth-order valence-corrected chi connectivity index (χ4v) is 4.18. The fourth-order valence-electron chi connectivity index (χ4n) is 4.18. The monoisotopic (exact) mass is 360 g/mol. The Morgan fingerprint density at radius 1 is 0.731 bits per heavy atom. The fraction of sp³-hybridized carbons (Fsp3) is 0.760. The molecule has 0 spiro atoms. The Morgan fingerprint density at radius 2 is 1.23 bits per heavy atom. The molecule has 150 valence electrons. The highest BCUT2D eigenvalue weighted by molar-refractivity contribution is 5.21. The van der Waals surface area contributed by atoms with E-state index in [1.54, 1.807) is 0 Å². The van der Waals surface area contributed by atoms with Crippen LogP contribution < -0.4 is 0 Å². The Balaban J connectivity index is 2.15. The maximum Gasteiger partial charge on any atom is 0.104 e. The number of aryl methyl sites for hydroxylation is 1. The molecule has 0 N–H and O–H groups in total. The molecule has 0 radical (unpaired) electrons. The quantitative estimate of drug-likeness (QED) is 0.226. The number of hydrogen-bond acceptors (Lipinski definition) is 0. The zero-order chi connectivity index (χ0) is 19.3. The van der Waals surface area contributed by atoms with Gasteiger partial charge in [-0.15, -0.1) is 0 Å². The molecule has 1 nitrogen and oxygen atoms in total. The van der Waals surface area contributed by atoms with E-state index in [-0.39, 0.29) is 0 Å². The topological polar surface area (TPSA) is 0 Å². The molecular formula is C25H46N+. The van der Waals surface area contributed by atoms with Crippen molar-refractivity contribution < 1.29 is 4.48 Å². The summed E-state index contributed by atoms with van der Waals surface area (Å²) in [5.74, 6) is 0.824. The van der Waals surface area contributed by atoms with Crippen LogP contribution in [-0.4, -0.2) is 25.1 Å². The molecule has 0 fully saturated rings. The maximum absolute atomic E-state index is 2.45. The largest absolute Gasteiger partial charge is 0.325 e. The molecule has 0 saturated heterocycles. The molecule has 1 aromatic carbocycles. The highest BCUT2D eigenvalue weighted by Gasteiger charge is 2.19. The van der Waals surface area contributed by atoms with Crippen LogP contribution >= 0.6 is 0 Å². The third-order valence-electron chi connectivity index (χ3n) is 5.65. The van der Waals surface area contributed by atoms with Crippen LogP contribution in [0, 0.1) is 5.92 Å². The van der Waals surface area contributed by atoms with Crippen molar-refractivity contribution in [3.63, 3.8) is 0 Å². The Kier molecular flexibility index (Phi) is 11.9. The van der Waals surface area contributed by atoms with Crippen LogP contribution in [0.4, 0.5) is 0 Å². The molecule has 0 amide bonds. The van der Waals surface area contributed by atoms with Crippen LogP contribution in [0.1, 0.15) is 96.1 Å². The summed E-state index contributed by atoms with van der Waals surface area (Å²) in [6.45, 7) is 9.40. The Labute approximate surface area is 164 Å². The number of nitrogens with zero attached hydrogens (tertiary/aromatic N) is 1. The van der Waals surface area contributed by atoms with Gasteiger partial charge < -0.3 is 4.48 Å². The molecule has 1 aromatic rings. The minimum atomic E-state index is 0.824. The highest BCUT2D eigenvalue weighted by Crippen LogP contribution is 2.18. The maximum atomic E-state index is 2.45. The van der Waals surface area contributed by atoms with E-state index < -0.39 is 0 Å². The Hall–Kier alpha value is -0.820. The first kappa shape index (κ1) is 23.2. The van der Waals surface area contributed by atoms with Crippen molar-refractivity contribution in [1.82, 2.24) is 0 Å². The second-order valence-corrected chi connectivity index (χ2v) is 9.17. The van der Waals surface area contributed by atoms with E-state index >= 15 is 0 Å². The minimum Gasteiger partial charge on any atom is -0.325 e. The van der Waals surface area contributed by atoms with Gasteiger partial charge >= 0.3 is 0 Å². The second kappa shape index (κ2) is 13.4. The lowest BCUT2D eigenvalue weighted by molar-refractivity contribution is -0.906. The van der Waals surface area contributed by atoms with Crippen LogP contribution in [-0.2, 0) is 13.0 Å². The molecule has 0 heterocycles. The average Bonchev–Trinajstić information content (AvgIpc) is 2.60. The van der Waals surface area contributed by atoms with Gasteiger partial charge in [-0.05, 0) is 18.4 Å². The Morgan fingerprint density at radius 3 is 1.77 bits per heavy atom. The summed E-state index contributed by atoms with van der Waals surface area (Å²) in [6, 6.07) is 9.23. The molecule has 1 rings (SSSR count). The standard InChI is InChI=1S/C25H46N/c1-6-8-9-10-11-12-13-14-15-16-23(3)21-26(4,5)22-25-19-17-24(7-2)18-20-25/h17-20,23H,6-16,21-22H2,1-5H3/q+1. The van der Waals surface area contributed by atoms with E-state index in [4.69, 9.17) is 0 Å². The summed E-state index contributed by atoms with van der Waals surface area (Å²) in [7, 11) is 4.78. The summed E-state index contributed by atoms with van der Waals surface area (Å²) >= 11 is 0. The van der Waals surface area contributed by atoms with Gasteiger partial charge in [-0.3, -0.25) is 0 Å². The van der Waals surface area contributed by atoms with Crippen molar-refractivity contribution >= 4 is 0 Å². The third-order valence-corrected chi connectivity index (χ3v) is 5.65. The lowest BCUT2D eigenvalue weighted by atomic mass is 10.00. The zero-order valence-electron chi connectivity index (χ0n) is 18.5. The van der Waals surface area contributed by atoms with Crippen LogP contribution in [0.5, 0.6) is 0 Å². The van der Waals surface area contributed by atoms with Crippen molar-refractivity contribution in [3.8, 4) is 0 Å². The zero-order valence-corrected chi connectivity index (χ0v) is 18.5. The van der Waals surface area contributed by atoms with Gasteiger partial charge in [0.1, 0.15) is 6.54 Å². The summed E-state index contributed by atoms with van der Waals surface area (Å²) in [6.07, 6.45) is 15.4. The number of unbranched alkanes of at least 4 members (excludes halogenated alkanes) is 8. The molecule has 0 bridgehead atoms. The summed E-state index contributed by atoms with van der Waals surface area (Å²) in [4.78, 5) is 0. The van der Waals surface area contributed by atoms with Gasteiger partial charge in [-0.25, -0.2) is 0 Å². The summed E-state index contributed by atoms with van der Waals surface area (Å²) in [5.41, 5.74) is 2.92. The SMILES string of the molecule is CCCCCCCCCCCC(C)C[N+](C)(C)Cc1ccc(CC)cc1. The van der Waals surface area contributed by atoms with Gasteiger partial charge in [0, 0.05) is 11.5 Å². The number of quaternary nitrogens is 1. The average molecular weight is 361 g/mol. The first-order chi connectivity index (χ1) is 12.5. The van der Waals surface area contributed by atoms with Crippen LogP contribution in [0.25, 0.3) is 0 Å². The smallest absolute Gasteiger partial charge is 0.104 e. The van der Waals surface area contributed by atoms with Crippen LogP contribution in [0.3, 0.4) is 0 Å². The normalized spacial score (nSPS) is 13.1. The van der Waals surface area contributed by atoms with Crippen LogP contribution in [0.2, 0.25) is 0 Å². The number of hydrogen-bond donors (Lipinski definition) is 0. The molecule has 1 unspecified atom stereocenters. The van der Waals surface area contributed by atoms with E-state index in [1.807, 2.05) is 0 Å². The molecule has 0 aliphatic carbocycles. The first-order valence-electron chi connectivity index (χ1n) is 11.4. The van der Waals surface area contributed by atoms with Gasteiger partial charge in [0.2, 0.25) is 0 Å². The lowest BCUT2D eigenvalue weighted by Gasteiger charge is -2.32. The number of benzene rings is 1. The van der Waals surface area contributed by atoms with E-state index in [2.05, 4.69) is 59.1 Å². The molecule has 0 saturated carbocycles. The third kappa shape index (κ3) is 11.0. The number of rotatable bonds is 15. The highest BCUT2D eigenvalue weighted by atomic mass is 15.3. The van der Waals surface area contributed by atoms with Gasteiger partial charge in [-0.1, -0.05) is 103 Å². The molecule has 0 aliphatic heterocycles. The van der Waals surface area contributed by atoms with Crippen molar-refractivity contribution in [3.05, 3.63) is 35.4 Å².